The van der Waals surface area contributed by atoms with Gasteiger partial charge in [0.15, 0.2) is 0 Å². The van der Waals surface area contributed by atoms with Crippen molar-refractivity contribution in [1.82, 2.24) is 9.80 Å². The van der Waals surface area contributed by atoms with E-state index in [1.54, 1.807) is 7.11 Å². The van der Waals surface area contributed by atoms with Gasteiger partial charge in [-0.1, -0.05) is 54.5 Å². The van der Waals surface area contributed by atoms with Gasteiger partial charge < -0.3 is 14.5 Å². The van der Waals surface area contributed by atoms with Gasteiger partial charge in [-0.3, -0.25) is 4.79 Å². The molecule has 1 unspecified atom stereocenters. The monoisotopic (exact) mass is 380 g/mol. The summed E-state index contributed by atoms with van der Waals surface area (Å²) in [5, 5.41) is 0. The first-order chi connectivity index (χ1) is 12.7. The van der Waals surface area contributed by atoms with Crippen LogP contribution in [0.3, 0.4) is 0 Å². The molecule has 1 fully saturated rings. The molecule has 1 aliphatic rings. The zero-order chi connectivity index (χ0) is 20.7. The topological polar surface area (TPSA) is 32.8 Å². The lowest BCUT2D eigenvalue weighted by Gasteiger charge is -2.40. The zero-order valence-electron chi connectivity index (χ0n) is 19.1. The molecule has 0 spiro atoms. The summed E-state index contributed by atoms with van der Waals surface area (Å²) >= 11 is 0. The van der Waals surface area contributed by atoms with E-state index in [4.69, 9.17) is 4.74 Å². The van der Waals surface area contributed by atoms with Crippen LogP contribution in [0.4, 0.5) is 0 Å². The second kappa shape index (κ2) is 11.1. The van der Waals surface area contributed by atoms with Crippen molar-refractivity contribution in [2.24, 2.45) is 17.8 Å². The highest BCUT2D eigenvalue weighted by molar-refractivity contribution is 5.78. The van der Waals surface area contributed by atoms with Crippen molar-refractivity contribution in [2.45, 2.75) is 91.8 Å². The van der Waals surface area contributed by atoms with Gasteiger partial charge in [-0.2, -0.15) is 0 Å². The van der Waals surface area contributed by atoms with E-state index in [0.29, 0.717) is 17.9 Å². The van der Waals surface area contributed by atoms with E-state index in [0.717, 1.165) is 31.5 Å². The summed E-state index contributed by atoms with van der Waals surface area (Å²) in [6, 6.07) is 0.672. The van der Waals surface area contributed by atoms with Gasteiger partial charge in [0.05, 0.1) is 12.1 Å². The summed E-state index contributed by atoms with van der Waals surface area (Å²) in [5.41, 5.74) is 1.16. The van der Waals surface area contributed by atoms with Crippen molar-refractivity contribution >= 4 is 5.91 Å². The molecule has 0 bridgehead atoms. The van der Waals surface area contributed by atoms with Gasteiger partial charge in [0, 0.05) is 44.8 Å². The van der Waals surface area contributed by atoms with Gasteiger partial charge in [-0.05, 0) is 31.1 Å². The van der Waals surface area contributed by atoms with Gasteiger partial charge in [0.2, 0.25) is 5.91 Å². The fourth-order valence-electron chi connectivity index (χ4n) is 4.36. The van der Waals surface area contributed by atoms with Gasteiger partial charge in [0.1, 0.15) is 0 Å². The number of amides is 1. The normalized spacial score (nSPS) is 21.8. The zero-order valence-corrected chi connectivity index (χ0v) is 19.1. The lowest BCUT2D eigenvalue weighted by molar-refractivity contribution is -0.142. The Bertz CT molecular complexity index is 477. The molecule has 1 aliphatic heterocycles. The summed E-state index contributed by atoms with van der Waals surface area (Å²) in [6.07, 6.45) is 5.44. The molecule has 0 radical (unpaired) electrons. The largest absolute Gasteiger partial charge is 0.379 e. The Morgan fingerprint density at radius 3 is 2.37 bits per heavy atom. The van der Waals surface area contributed by atoms with Crippen LogP contribution in [-0.4, -0.2) is 54.6 Å². The fraction of sp³-hybridized carbons (Fsp3) is 0.870. The van der Waals surface area contributed by atoms with Crippen molar-refractivity contribution in [3.05, 3.63) is 12.3 Å². The highest BCUT2D eigenvalue weighted by Crippen LogP contribution is 2.30. The molecule has 4 nitrogen and oxygen atoms in total. The summed E-state index contributed by atoms with van der Waals surface area (Å²) in [6.45, 7) is 18.4. The van der Waals surface area contributed by atoms with E-state index < -0.39 is 0 Å². The molecule has 1 saturated heterocycles. The summed E-state index contributed by atoms with van der Waals surface area (Å²) < 4.78 is 5.96. The summed E-state index contributed by atoms with van der Waals surface area (Å²) in [5.74, 6) is 0.945. The average molecular weight is 381 g/mol. The van der Waals surface area contributed by atoms with Crippen LogP contribution in [0.1, 0.15) is 73.6 Å². The van der Waals surface area contributed by atoms with E-state index in [2.05, 4.69) is 46.1 Å². The second-order valence-corrected chi connectivity index (χ2v) is 8.80. The molecule has 0 N–H and O–H groups in total. The van der Waals surface area contributed by atoms with Crippen molar-refractivity contribution in [3.63, 3.8) is 0 Å². The Balaban J connectivity index is 2.98. The minimum atomic E-state index is -0.0288. The summed E-state index contributed by atoms with van der Waals surface area (Å²) in [7, 11) is 3.73. The SMILES string of the molecule is C=C(C[C@@H](OC)C([C@@H](C)CC)N(C)C(=O)[C@@H](C)C(C)C)N1CCC[C@H]1CC. The Morgan fingerprint density at radius 2 is 1.89 bits per heavy atom. The van der Waals surface area contributed by atoms with Crippen LogP contribution < -0.4 is 0 Å². The Hall–Kier alpha value is -1.03. The Labute approximate surface area is 168 Å². The minimum Gasteiger partial charge on any atom is -0.379 e. The first-order valence-corrected chi connectivity index (χ1v) is 10.9. The van der Waals surface area contributed by atoms with Crippen LogP contribution in [-0.2, 0) is 9.53 Å². The van der Waals surface area contributed by atoms with Crippen molar-refractivity contribution in [2.75, 3.05) is 20.7 Å². The van der Waals surface area contributed by atoms with E-state index in [1.165, 1.54) is 12.8 Å². The number of hydrogen-bond donors (Lipinski definition) is 0. The number of hydrogen-bond acceptors (Lipinski definition) is 3. The predicted molar refractivity (Wildman–Crippen MR) is 115 cm³/mol. The maximum absolute atomic E-state index is 13.0. The molecule has 5 atom stereocenters. The van der Waals surface area contributed by atoms with Crippen LogP contribution in [0.2, 0.25) is 0 Å². The molecule has 0 saturated carbocycles. The molecule has 1 amide bonds. The average Bonchev–Trinajstić information content (AvgIpc) is 3.14. The quantitative estimate of drug-likeness (QED) is 0.509. The molecular formula is C23H44N2O2. The number of likely N-dealkylation sites (tertiary alicyclic amines) is 1. The highest BCUT2D eigenvalue weighted by Gasteiger charge is 2.36. The number of nitrogens with zero attached hydrogens (tertiary/aromatic N) is 2. The standard InChI is InChI=1S/C23H44N2O2/c1-10-17(5)22(24(8)23(26)19(7)16(3)4)21(27-9)15-18(6)25-14-12-13-20(25)11-2/h16-17,19-22H,6,10-15H2,1-5,7-9H3/t17-,19-,20+,21+,22?/m0/s1. The third-order valence-electron chi connectivity index (χ3n) is 6.79. The Morgan fingerprint density at radius 1 is 1.26 bits per heavy atom. The van der Waals surface area contributed by atoms with Crippen molar-refractivity contribution in [3.8, 4) is 0 Å². The van der Waals surface area contributed by atoms with Crippen molar-refractivity contribution in [1.29, 1.82) is 0 Å². The van der Waals surface area contributed by atoms with E-state index in [-0.39, 0.29) is 24.0 Å². The van der Waals surface area contributed by atoms with E-state index >= 15 is 0 Å². The van der Waals surface area contributed by atoms with Gasteiger partial charge in [-0.25, -0.2) is 0 Å². The van der Waals surface area contributed by atoms with E-state index in [1.807, 2.05) is 18.9 Å². The first kappa shape index (κ1) is 24.0. The number of ether oxygens (including phenoxy) is 1. The van der Waals surface area contributed by atoms with Gasteiger partial charge in [0.25, 0.3) is 0 Å². The molecule has 1 rings (SSSR count). The van der Waals surface area contributed by atoms with Gasteiger partial charge >= 0.3 is 0 Å². The molecule has 158 valence electrons. The smallest absolute Gasteiger partial charge is 0.225 e. The molecule has 0 aliphatic carbocycles. The Kier molecular flexibility index (Phi) is 9.86. The van der Waals surface area contributed by atoms with E-state index in [9.17, 15) is 4.79 Å². The molecule has 0 aromatic carbocycles. The van der Waals surface area contributed by atoms with Crippen LogP contribution in [0.5, 0.6) is 0 Å². The lowest BCUT2D eigenvalue weighted by Crippen LogP contribution is -2.51. The molecule has 0 aromatic rings. The number of carbonyl (C=O) groups excluding carboxylic acids is 1. The third kappa shape index (κ3) is 5.97. The van der Waals surface area contributed by atoms with Crippen LogP contribution in [0, 0.1) is 17.8 Å². The predicted octanol–water partition coefficient (Wildman–Crippen LogP) is 4.94. The number of likely N-dealkylation sites (N-methyl/N-ethyl adjacent to an activating group) is 1. The molecule has 4 heteroatoms. The maximum atomic E-state index is 13.0. The van der Waals surface area contributed by atoms with Crippen LogP contribution in [0.15, 0.2) is 12.3 Å². The molecule has 0 aromatic heterocycles. The second-order valence-electron chi connectivity index (χ2n) is 8.80. The first-order valence-electron chi connectivity index (χ1n) is 10.9. The van der Waals surface area contributed by atoms with Crippen molar-refractivity contribution < 1.29 is 9.53 Å². The maximum Gasteiger partial charge on any atom is 0.225 e. The fourth-order valence-corrected chi connectivity index (χ4v) is 4.36. The number of methoxy groups -OCH3 is 1. The van der Waals surface area contributed by atoms with Crippen LogP contribution >= 0.6 is 0 Å². The minimum absolute atomic E-state index is 0.0188. The summed E-state index contributed by atoms with van der Waals surface area (Å²) in [4.78, 5) is 17.5. The van der Waals surface area contributed by atoms with Crippen LogP contribution in [0.25, 0.3) is 0 Å². The molecule has 1 heterocycles. The highest BCUT2D eigenvalue weighted by atomic mass is 16.5. The molecular weight excluding hydrogens is 336 g/mol. The number of carbonyl (C=O) groups is 1. The molecule has 27 heavy (non-hydrogen) atoms. The lowest BCUT2D eigenvalue weighted by atomic mass is 9.88. The third-order valence-corrected chi connectivity index (χ3v) is 6.79. The van der Waals surface area contributed by atoms with Gasteiger partial charge in [-0.15, -0.1) is 0 Å². The number of rotatable bonds is 11.